The molecule has 4 heterocycles. The highest BCUT2D eigenvalue weighted by Crippen LogP contribution is 2.43. The van der Waals surface area contributed by atoms with Gasteiger partial charge in [-0.3, -0.25) is 9.98 Å². The van der Waals surface area contributed by atoms with E-state index in [1.54, 1.807) is 0 Å². The van der Waals surface area contributed by atoms with Gasteiger partial charge in [0.2, 0.25) is 0 Å². The molecule has 0 N–H and O–H groups in total. The molecule has 4 nitrogen and oxygen atoms in total. The average molecular weight is 531 g/mol. The van der Waals surface area contributed by atoms with Crippen molar-refractivity contribution in [3.63, 3.8) is 0 Å². The fraction of sp³-hybridized carbons (Fsp3) is 0.135. The molecule has 3 aromatic heterocycles. The molecular weight excluding hydrogens is 500 g/mol. The van der Waals surface area contributed by atoms with Crippen LogP contribution in [-0.4, -0.2) is 20.3 Å². The molecule has 0 saturated carbocycles. The molecule has 0 aliphatic carbocycles. The quantitative estimate of drug-likeness (QED) is 0.224. The third-order valence-corrected chi connectivity index (χ3v) is 8.68. The largest absolute Gasteiger partial charge is 0.311 e. The van der Waals surface area contributed by atoms with Crippen LogP contribution >= 0.6 is 0 Å². The summed E-state index contributed by atoms with van der Waals surface area (Å²) in [7, 11) is 0. The van der Waals surface area contributed by atoms with E-state index in [2.05, 4.69) is 127 Å². The molecule has 8 rings (SSSR count). The summed E-state index contributed by atoms with van der Waals surface area (Å²) < 4.78 is 4.75. The Labute approximate surface area is 239 Å². The molecule has 0 spiro atoms. The lowest BCUT2D eigenvalue weighted by atomic mass is 9.95. The normalized spacial score (nSPS) is 14.8. The molecule has 198 valence electrons. The van der Waals surface area contributed by atoms with Crippen molar-refractivity contribution in [2.24, 2.45) is 4.99 Å². The zero-order valence-electron chi connectivity index (χ0n) is 23.5. The van der Waals surface area contributed by atoms with Gasteiger partial charge in [0, 0.05) is 40.5 Å². The molecular formula is C37H30N4. The van der Waals surface area contributed by atoms with Gasteiger partial charge in [-0.05, 0) is 91.1 Å². The van der Waals surface area contributed by atoms with Crippen molar-refractivity contribution in [2.75, 3.05) is 0 Å². The number of para-hydroxylation sites is 2. The number of nitrogens with zero attached hydrogens (tertiary/aromatic N) is 4. The van der Waals surface area contributed by atoms with E-state index in [0.29, 0.717) is 5.92 Å². The maximum absolute atomic E-state index is 4.83. The first-order chi connectivity index (χ1) is 20.1. The second-order valence-corrected chi connectivity index (χ2v) is 11.3. The summed E-state index contributed by atoms with van der Waals surface area (Å²) in [6, 6.07) is 35.0. The third-order valence-electron chi connectivity index (χ3n) is 8.68. The number of aliphatic imine (C=N–C) groups is 1. The van der Waals surface area contributed by atoms with Gasteiger partial charge < -0.3 is 9.13 Å². The van der Waals surface area contributed by atoms with Gasteiger partial charge in [0.05, 0.1) is 33.4 Å². The van der Waals surface area contributed by atoms with Gasteiger partial charge in [-0.1, -0.05) is 55.5 Å². The maximum Gasteiger partial charge on any atom is 0.0963 e. The molecule has 1 aliphatic rings. The van der Waals surface area contributed by atoms with Crippen molar-refractivity contribution < 1.29 is 0 Å². The van der Waals surface area contributed by atoms with E-state index in [1.165, 1.54) is 55.4 Å². The lowest BCUT2D eigenvalue weighted by Crippen LogP contribution is -2.07. The number of rotatable bonds is 3. The van der Waals surface area contributed by atoms with Crippen molar-refractivity contribution in [2.45, 2.75) is 33.1 Å². The van der Waals surface area contributed by atoms with Crippen LogP contribution in [0.5, 0.6) is 0 Å². The molecule has 0 saturated heterocycles. The Morgan fingerprint density at radius 3 is 1.98 bits per heavy atom. The lowest BCUT2D eigenvalue weighted by molar-refractivity contribution is 0.747. The van der Waals surface area contributed by atoms with E-state index >= 15 is 0 Å². The van der Waals surface area contributed by atoms with Crippen LogP contribution in [0.2, 0.25) is 0 Å². The number of benzene rings is 4. The minimum absolute atomic E-state index is 0.417. The van der Waals surface area contributed by atoms with Crippen molar-refractivity contribution in [1.82, 2.24) is 14.1 Å². The van der Waals surface area contributed by atoms with Crippen LogP contribution < -0.4 is 0 Å². The summed E-state index contributed by atoms with van der Waals surface area (Å²) in [5.41, 5.74) is 14.4. The van der Waals surface area contributed by atoms with E-state index in [4.69, 9.17) is 9.98 Å². The number of aromatic nitrogens is 3. The first-order valence-corrected chi connectivity index (χ1v) is 14.3. The maximum atomic E-state index is 4.83. The van der Waals surface area contributed by atoms with Crippen molar-refractivity contribution in [3.05, 3.63) is 120 Å². The summed E-state index contributed by atoms with van der Waals surface area (Å²) >= 11 is 0. The molecule has 1 atom stereocenters. The molecule has 7 aromatic rings. The van der Waals surface area contributed by atoms with Crippen LogP contribution in [0.3, 0.4) is 0 Å². The van der Waals surface area contributed by atoms with Gasteiger partial charge in [-0.2, -0.15) is 0 Å². The first kappa shape index (κ1) is 23.9. The summed E-state index contributed by atoms with van der Waals surface area (Å²) in [5.74, 6) is 0.417. The molecule has 1 unspecified atom stereocenters. The molecule has 0 radical (unpaired) electrons. The fourth-order valence-electron chi connectivity index (χ4n) is 6.76. The summed E-state index contributed by atoms with van der Waals surface area (Å²) in [4.78, 5) is 9.54. The standard InChI is InChI=1S/C37H30N4/c1-23-18-20-39-36-31-10-5-7-12-33(31)41(37(23)36)27-15-17-29(25(3)22-27)28-16-14-26(21-24(28)2)40-32-11-6-4-9-30(32)35-34(40)13-8-19-38-35/h4-17,19-23H,18H2,1-3H3. The van der Waals surface area contributed by atoms with Gasteiger partial charge >= 0.3 is 0 Å². The van der Waals surface area contributed by atoms with Crippen LogP contribution in [0, 0.1) is 13.8 Å². The lowest BCUT2D eigenvalue weighted by Gasteiger charge is -2.20. The first-order valence-electron chi connectivity index (χ1n) is 14.3. The van der Waals surface area contributed by atoms with Crippen LogP contribution in [0.25, 0.3) is 55.3 Å². The van der Waals surface area contributed by atoms with Crippen LogP contribution in [0.4, 0.5) is 5.69 Å². The van der Waals surface area contributed by atoms with Gasteiger partial charge in [-0.15, -0.1) is 0 Å². The fourth-order valence-corrected chi connectivity index (χ4v) is 6.76. The van der Waals surface area contributed by atoms with E-state index in [1.807, 2.05) is 12.3 Å². The summed E-state index contributed by atoms with van der Waals surface area (Å²) in [6.45, 7) is 6.75. The highest BCUT2D eigenvalue weighted by Gasteiger charge is 2.24. The Bertz CT molecular complexity index is 2120. The summed E-state index contributed by atoms with van der Waals surface area (Å²) in [6.07, 6.45) is 4.91. The summed E-state index contributed by atoms with van der Waals surface area (Å²) in [5, 5.41) is 2.40. The highest BCUT2D eigenvalue weighted by atomic mass is 15.0. The smallest absolute Gasteiger partial charge is 0.0963 e. The number of aryl methyl sites for hydroxylation is 2. The minimum Gasteiger partial charge on any atom is -0.311 e. The zero-order chi connectivity index (χ0) is 27.7. The average Bonchev–Trinajstić information content (AvgIpc) is 3.52. The van der Waals surface area contributed by atoms with Crippen LogP contribution in [-0.2, 0) is 0 Å². The predicted molar refractivity (Wildman–Crippen MR) is 172 cm³/mol. The molecule has 4 heteroatoms. The van der Waals surface area contributed by atoms with Gasteiger partial charge in [-0.25, -0.2) is 0 Å². The molecule has 0 amide bonds. The van der Waals surface area contributed by atoms with E-state index in [0.717, 1.165) is 28.8 Å². The van der Waals surface area contributed by atoms with E-state index < -0.39 is 0 Å². The van der Waals surface area contributed by atoms with E-state index in [9.17, 15) is 0 Å². The Hall–Kier alpha value is -4.96. The van der Waals surface area contributed by atoms with Crippen molar-refractivity contribution in [3.8, 4) is 22.5 Å². The molecule has 0 bridgehead atoms. The zero-order valence-corrected chi connectivity index (χ0v) is 23.5. The van der Waals surface area contributed by atoms with Crippen LogP contribution in [0.15, 0.2) is 108 Å². The monoisotopic (exact) mass is 530 g/mol. The molecule has 41 heavy (non-hydrogen) atoms. The van der Waals surface area contributed by atoms with Crippen molar-refractivity contribution in [1.29, 1.82) is 0 Å². The Kier molecular flexibility index (Phi) is 5.26. The Balaban J connectivity index is 1.24. The van der Waals surface area contributed by atoms with Gasteiger partial charge in [0.1, 0.15) is 0 Å². The number of fused-ring (bicyclic) bond motifs is 6. The number of pyridine rings is 1. The van der Waals surface area contributed by atoms with Gasteiger partial charge in [0.15, 0.2) is 0 Å². The predicted octanol–water partition coefficient (Wildman–Crippen LogP) is 9.62. The highest BCUT2D eigenvalue weighted by molar-refractivity contribution is 6.07. The second kappa shape index (κ2) is 9.03. The number of hydrogen-bond donors (Lipinski definition) is 0. The third kappa shape index (κ3) is 3.53. The van der Waals surface area contributed by atoms with Crippen LogP contribution in [0.1, 0.15) is 36.1 Å². The topological polar surface area (TPSA) is 35.1 Å². The minimum atomic E-state index is 0.417. The number of hydrogen-bond acceptors (Lipinski definition) is 2. The second-order valence-electron chi connectivity index (χ2n) is 11.3. The molecule has 0 fully saturated rings. The Morgan fingerprint density at radius 1 is 0.659 bits per heavy atom. The Morgan fingerprint density at radius 2 is 1.27 bits per heavy atom. The van der Waals surface area contributed by atoms with Crippen molar-refractivity contribution >= 4 is 44.7 Å². The molecule has 1 aliphatic heterocycles. The van der Waals surface area contributed by atoms with E-state index in [-0.39, 0.29) is 0 Å². The molecule has 4 aromatic carbocycles. The SMILES string of the molecule is Cc1cc(-n2c3c(c4ccccc42)N=CCC3C)ccc1-c1ccc(-n2c3ccccc3c3ncccc32)cc1C. The van der Waals surface area contributed by atoms with Gasteiger partial charge in [0.25, 0.3) is 0 Å².